The Labute approximate surface area is 98.8 Å². The maximum absolute atomic E-state index is 11.1. The lowest BCUT2D eigenvalue weighted by atomic mass is 9.90. The predicted octanol–water partition coefficient (Wildman–Crippen LogP) is 0.442. The van der Waals surface area contributed by atoms with Gasteiger partial charge in [0.15, 0.2) is 0 Å². The minimum atomic E-state index is 0.0674. The van der Waals surface area contributed by atoms with E-state index in [0.717, 1.165) is 6.54 Å². The van der Waals surface area contributed by atoms with Gasteiger partial charge < -0.3 is 15.5 Å². The highest BCUT2D eigenvalue weighted by atomic mass is 16.1. The Bertz CT molecular complexity index is 212. The average molecular weight is 227 g/mol. The van der Waals surface area contributed by atoms with Gasteiger partial charge in [0, 0.05) is 13.1 Å². The van der Waals surface area contributed by atoms with E-state index in [9.17, 15) is 4.79 Å². The van der Waals surface area contributed by atoms with E-state index in [1.807, 2.05) is 0 Å². The molecular formula is C12H25N3O. The Kier molecular flexibility index (Phi) is 5.77. The molecule has 1 unspecified atom stereocenters. The number of hydrogen-bond donors (Lipinski definition) is 2. The summed E-state index contributed by atoms with van der Waals surface area (Å²) >= 11 is 0. The summed E-state index contributed by atoms with van der Waals surface area (Å²) in [6.07, 6.45) is 2.49. The topological polar surface area (TPSA) is 44.4 Å². The molecule has 2 N–H and O–H groups in total. The molecule has 1 heterocycles. The lowest BCUT2D eigenvalue weighted by Gasteiger charge is -2.34. The number of carbonyl (C=O) groups excluding carboxylic acids is 1. The van der Waals surface area contributed by atoms with Gasteiger partial charge in [-0.05, 0) is 45.3 Å². The fourth-order valence-corrected chi connectivity index (χ4v) is 2.28. The first-order valence-electron chi connectivity index (χ1n) is 6.33. The van der Waals surface area contributed by atoms with E-state index >= 15 is 0 Å². The molecule has 0 aromatic heterocycles. The van der Waals surface area contributed by atoms with Crippen molar-refractivity contribution in [1.29, 1.82) is 0 Å². The number of carbonyl (C=O) groups is 1. The largest absolute Gasteiger partial charge is 0.358 e. The van der Waals surface area contributed by atoms with Crippen LogP contribution in [0.25, 0.3) is 0 Å². The molecule has 0 bridgehead atoms. The number of piperidine rings is 1. The van der Waals surface area contributed by atoms with Gasteiger partial charge in [0.1, 0.15) is 0 Å². The van der Waals surface area contributed by atoms with E-state index in [1.165, 1.54) is 25.9 Å². The van der Waals surface area contributed by atoms with Gasteiger partial charge in [-0.1, -0.05) is 6.92 Å². The molecule has 4 heteroatoms. The van der Waals surface area contributed by atoms with Crippen LogP contribution in [0.4, 0.5) is 0 Å². The molecule has 4 nitrogen and oxygen atoms in total. The van der Waals surface area contributed by atoms with Crippen molar-refractivity contribution < 1.29 is 4.79 Å². The predicted molar refractivity (Wildman–Crippen MR) is 66.4 cm³/mol. The molecule has 1 rings (SSSR count). The standard InChI is InChI=1S/C12H25N3O/c1-4-15-7-5-11(6-8-15)10(2)14-9-12(16)13-3/h10-11,14H,4-9H2,1-3H3,(H,13,16). The van der Waals surface area contributed by atoms with Crippen molar-refractivity contribution in [3.05, 3.63) is 0 Å². The summed E-state index contributed by atoms with van der Waals surface area (Å²) in [4.78, 5) is 13.6. The minimum absolute atomic E-state index is 0.0674. The highest BCUT2D eigenvalue weighted by Crippen LogP contribution is 2.20. The van der Waals surface area contributed by atoms with Crippen molar-refractivity contribution in [3.63, 3.8) is 0 Å². The van der Waals surface area contributed by atoms with Gasteiger partial charge in [0.25, 0.3) is 0 Å². The highest BCUT2D eigenvalue weighted by molar-refractivity contribution is 5.77. The average Bonchev–Trinajstić information content (AvgIpc) is 2.35. The Hall–Kier alpha value is -0.610. The second-order valence-electron chi connectivity index (χ2n) is 4.61. The molecule has 94 valence electrons. The Morgan fingerprint density at radius 2 is 2.06 bits per heavy atom. The number of likely N-dealkylation sites (N-methyl/N-ethyl adjacent to an activating group) is 1. The molecule has 0 radical (unpaired) electrons. The number of rotatable bonds is 5. The number of amides is 1. The quantitative estimate of drug-likeness (QED) is 0.716. The van der Waals surface area contributed by atoms with E-state index in [-0.39, 0.29) is 5.91 Å². The molecule has 1 atom stereocenters. The third-order valence-corrected chi connectivity index (χ3v) is 3.65. The molecule has 0 aliphatic carbocycles. The zero-order valence-electron chi connectivity index (χ0n) is 10.8. The summed E-state index contributed by atoms with van der Waals surface area (Å²) in [5, 5.41) is 5.94. The van der Waals surface area contributed by atoms with Gasteiger partial charge in [-0.15, -0.1) is 0 Å². The van der Waals surface area contributed by atoms with Crippen LogP contribution in [0.1, 0.15) is 26.7 Å². The summed E-state index contributed by atoms with van der Waals surface area (Å²) < 4.78 is 0. The van der Waals surface area contributed by atoms with Gasteiger partial charge in [0.05, 0.1) is 6.54 Å². The highest BCUT2D eigenvalue weighted by Gasteiger charge is 2.22. The Morgan fingerprint density at radius 3 is 2.56 bits per heavy atom. The van der Waals surface area contributed by atoms with Crippen LogP contribution in [0.15, 0.2) is 0 Å². The van der Waals surface area contributed by atoms with E-state index < -0.39 is 0 Å². The van der Waals surface area contributed by atoms with Gasteiger partial charge >= 0.3 is 0 Å². The fourth-order valence-electron chi connectivity index (χ4n) is 2.28. The van der Waals surface area contributed by atoms with Crippen LogP contribution in [0.5, 0.6) is 0 Å². The van der Waals surface area contributed by atoms with Gasteiger partial charge in [-0.2, -0.15) is 0 Å². The monoisotopic (exact) mass is 227 g/mol. The molecule has 16 heavy (non-hydrogen) atoms. The minimum Gasteiger partial charge on any atom is -0.358 e. The van der Waals surface area contributed by atoms with Gasteiger partial charge in [0.2, 0.25) is 5.91 Å². The number of nitrogens with zero attached hydrogens (tertiary/aromatic N) is 1. The third-order valence-electron chi connectivity index (χ3n) is 3.65. The van der Waals surface area contributed by atoms with Gasteiger partial charge in [-0.25, -0.2) is 0 Å². The smallest absolute Gasteiger partial charge is 0.233 e. The number of hydrogen-bond acceptors (Lipinski definition) is 3. The second kappa shape index (κ2) is 6.86. The van der Waals surface area contributed by atoms with Crippen molar-refractivity contribution in [2.45, 2.75) is 32.7 Å². The first-order chi connectivity index (χ1) is 7.67. The van der Waals surface area contributed by atoms with Crippen LogP contribution >= 0.6 is 0 Å². The number of likely N-dealkylation sites (tertiary alicyclic amines) is 1. The lowest BCUT2D eigenvalue weighted by Crippen LogP contribution is -2.44. The molecule has 0 spiro atoms. The summed E-state index contributed by atoms with van der Waals surface area (Å²) in [6.45, 7) is 8.40. The van der Waals surface area contributed by atoms with Crippen LogP contribution in [-0.4, -0.2) is 50.1 Å². The molecule has 0 saturated carbocycles. The summed E-state index contributed by atoms with van der Waals surface area (Å²) in [5.74, 6) is 0.783. The molecule has 1 saturated heterocycles. The lowest BCUT2D eigenvalue weighted by molar-refractivity contribution is -0.119. The van der Waals surface area contributed by atoms with Crippen LogP contribution in [0.2, 0.25) is 0 Å². The first-order valence-corrected chi connectivity index (χ1v) is 6.33. The molecule has 0 aromatic carbocycles. The second-order valence-corrected chi connectivity index (χ2v) is 4.61. The van der Waals surface area contributed by atoms with Crippen molar-refractivity contribution in [1.82, 2.24) is 15.5 Å². The van der Waals surface area contributed by atoms with E-state index in [4.69, 9.17) is 0 Å². The summed E-state index contributed by atoms with van der Waals surface area (Å²) in [7, 11) is 1.68. The number of nitrogens with one attached hydrogen (secondary N) is 2. The zero-order valence-corrected chi connectivity index (χ0v) is 10.8. The molecule has 1 aliphatic heterocycles. The molecule has 1 aliphatic rings. The Morgan fingerprint density at radius 1 is 1.44 bits per heavy atom. The summed E-state index contributed by atoms with van der Waals surface area (Å²) in [5.41, 5.74) is 0. The SMILES string of the molecule is CCN1CCC(C(C)NCC(=O)NC)CC1. The van der Waals surface area contributed by atoms with E-state index in [1.54, 1.807) is 7.05 Å². The Balaban J connectivity index is 2.22. The third kappa shape index (κ3) is 4.10. The van der Waals surface area contributed by atoms with Gasteiger partial charge in [-0.3, -0.25) is 4.79 Å². The van der Waals surface area contributed by atoms with Crippen LogP contribution in [-0.2, 0) is 4.79 Å². The summed E-state index contributed by atoms with van der Waals surface area (Å²) in [6, 6.07) is 0.441. The van der Waals surface area contributed by atoms with Crippen LogP contribution in [0.3, 0.4) is 0 Å². The van der Waals surface area contributed by atoms with Crippen molar-refractivity contribution in [2.75, 3.05) is 33.2 Å². The molecule has 0 aromatic rings. The van der Waals surface area contributed by atoms with E-state index in [0.29, 0.717) is 18.5 Å². The molecule has 1 amide bonds. The molecule has 1 fully saturated rings. The van der Waals surface area contributed by atoms with Crippen molar-refractivity contribution in [2.24, 2.45) is 5.92 Å². The fraction of sp³-hybridized carbons (Fsp3) is 0.917. The maximum atomic E-state index is 11.1. The van der Waals surface area contributed by atoms with Crippen molar-refractivity contribution >= 4 is 5.91 Å². The maximum Gasteiger partial charge on any atom is 0.233 e. The van der Waals surface area contributed by atoms with Crippen LogP contribution < -0.4 is 10.6 Å². The zero-order chi connectivity index (χ0) is 12.0. The molecular weight excluding hydrogens is 202 g/mol. The van der Waals surface area contributed by atoms with E-state index in [2.05, 4.69) is 29.4 Å². The van der Waals surface area contributed by atoms with Crippen LogP contribution in [0, 0.1) is 5.92 Å². The first kappa shape index (κ1) is 13.5. The van der Waals surface area contributed by atoms with Crippen molar-refractivity contribution in [3.8, 4) is 0 Å². The normalized spacial score (nSPS) is 20.7.